The van der Waals surface area contributed by atoms with Gasteiger partial charge in [0, 0.05) is 13.2 Å². The van der Waals surface area contributed by atoms with E-state index in [9.17, 15) is 9.32 Å². The minimum Gasteiger partial charge on any atom is -0.382 e. The third kappa shape index (κ3) is 7.45. The first-order chi connectivity index (χ1) is 10.7. The quantitative estimate of drug-likeness (QED) is 0.176. The average Bonchev–Trinajstić information content (AvgIpc) is 2.52. The third-order valence-electron chi connectivity index (χ3n) is 3.93. The average molecular weight is 350 g/mol. The monoisotopic (exact) mass is 350 g/mol. The number of aliphatic hydroxyl groups is 1. The van der Waals surface area contributed by atoms with E-state index in [0.717, 1.165) is 6.42 Å². The Kier molecular flexibility index (Phi) is 11.2. The Morgan fingerprint density at radius 2 is 2.09 bits per heavy atom. The van der Waals surface area contributed by atoms with Crippen molar-refractivity contribution in [3.63, 3.8) is 0 Å². The van der Waals surface area contributed by atoms with Crippen molar-refractivity contribution in [3.05, 3.63) is 11.0 Å². The van der Waals surface area contributed by atoms with Crippen LogP contribution in [0.1, 0.15) is 40.5 Å². The smallest absolute Gasteiger partial charge is 0.121 e. The molecule has 138 valence electrons. The molecule has 4 atom stereocenters. The predicted molar refractivity (Wildman–Crippen MR) is 101 cm³/mol. The van der Waals surface area contributed by atoms with E-state index in [4.69, 9.17) is 15.2 Å². The van der Waals surface area contributed by atoms with E-state index in [1.165, 1.54) is 0 Å². The summed E-state index contributed by atoms with van der Waals surface area (Å²) in [6, 6.07) is 0. The molecule has 23 heavy (non-hydrogen) atoms. The fraction of sp³-hybridized carbons (Fsp3) is 0.867. The summed E-state index contributed by atoms with van der Waals surface area (Å²) < 4.78 is 26.7. The van der Waals surface area contributed by atoms with E-state index >= 15 is 0 Å². The van der Waals surface area contributed by atoms with Crippen LogP contribution in [0.4, 0.5) is 0 Å². The van der Waals surface area contributed by atoms with Crippen LogP contribution < -0.4 is 10.5 Å². The molecule has 0 bridgehead atoms. The highest BCUT2D eigenvalue weighted by Gasteiger charge is 2.25. The van der Waals surface area contributed by atoms with Gasteiger partial charge in [-0.3, -0.25) is 8.93 Å². The number of hydrogen-bond acceptors (Lipinski definition) is 5. The van der Waals surface area contributed by atoms with E-state index in [0.29, 0.717) is 24.5 Å². The molecule has 6 nitrogen and oxygen atoms in total. The van der Waals surface area contributed by atoms with Crippen molar-refractivity contribution >= 4 is 18.0 Å². The molecule has 0 aromatic rings. The van der Waals surface area contributed by atoms with Gasteiger partial charge in [-0.2, -0.15) is 0 Å². The molecule has 0 aromatic carbocycles. The zero-order valence-corrected chi connectivity index (χ0v) is 16.3. The van der Waals surface area contributed by atoms with Gasteiger partial charge in [0.2, 0.25) is 0 Å². The summed E-state index contributed by atoms with van der Waals surface area (Å²) in [5.41, 5.74) is 5.19. The van der Waals surface area contributed by atoms with Crippen LogP contribution in [0.5, 0.6) is 0 Å². The number of hydrogen-bond donors (Lipinski definition) is 4. The molecule has 0 saturated heterocycles. The van der Waals surface area contributed by atoms with Crippen molar-refractivity contribution in [1.82, 2.24) is 4.72 Å². The fourth-order valence-corrected chi connectivity index (χ4v) is 4.35. The highest BCUT2D eigenvalue weighted by molar-refractivity contribution is 8.05. The number of aliphatic hydroxyl groups excluding tert-OH is 1. The highest BCUT2D eigenvalue weighted by atomic mass is 32.3. The van der Waals surface area contributed by atoms with E-state index in [2.05, 4.69) is 4.72 Å². The Balaban J connectivity index is 4.75. The molecule has 0 fully saturated rings. The van der Waals surface area contributed by atoms with E-state index in [1.807, 2.05) is 27.8 Å². The lowest BCUT2D eigenvalue weighted by molar-refractivity contribution is -0.0142. The standard InChI is InChI=1S/C15H35BN2O4S/c1-6-14(19)23(20,18-5)12(4)10-13(16)15(17)22-11(3)8-9-21-7-2/h10-11,13-15,19,23H,6-9,16-17H2,1-5H3,(H,18,20)/b12-10+/t11?,13?,14?,15-/m1/s1. The molecule has 0 aliphatic heterocycles. The second kappa shape index (κ2) is 11.3. The predicted octanol–water partition coefficient (Wildman–Crippen LogP) is 0.308. The maximum Gasteiger partial charge on any atom is 0.121 e. The van der Waals surface area contributed by atoms with Crippen molar-refractivity contribution in [2.75, 3.05) is 20.3 Å². The minimum absolute atomic E-state index is 0.00922. The van der Waals surface area contributed by atoms with E-state index in [-0.39, 0.29) is 11.9 Å². The van der Waals surface area contributed by atoms with Gasteiger partial charge in [0.05, 0.1) is 6.10 Å². The summed E-state index contributed by atoms with van der Waals surface area (Å²) in [5.74, 6) is -0.115. The molecule has 0 aliphatic carbocycles. The number of nitrogens with two attached hydrogens (primary N) is 1. The van der Waals surface area contributed by atoms with Crippen molar-refractivity contribution in [3.8, 4) is 0 Å². The van der Waals surface area contributed by atoms with Crippen LogP contribution in [-0.4, -0.2) is 55.2 Å². The molecular formula is C15H35BN2O4S. The van der Waals surface area contributed by atoms with E-state index < -0.39 is 21.8 Å². The lowest BCUT2D eigenvalue weighted by atomic mass is 9.85. The van der Waals surface area contributed by atoms with Crippen LogP contribution in [0.15, 0.2) is 11.0 Å². The van der Waals surface area contributed by atoms with Crippen LogP contribution in [-0.2, 0) is 19.6 Å². The summed E-state index contributed by atoms with van der Waals surface area (Å²) in [5, 5.41) is 10.0. The molecule has 4 N–H and O–H groups in total. The Hall–Kier alpha value is -0.245. The normalized spacial score (nSPS) is 19.2. The molecule has 8 heteroatoms. The highest BCUT2D eigenvalue weighted by Crippen LogP contribution is 2.23. The molecular weight excluding hydrogens is 315 g/mol. The Morgan fingerprint density at radius 3 is 2.57 bits per heavy atom. The summed E-state index contributed by atoms with van der Waals surface area (Å²) in [4.78, 5) is 0.628. The molecule has 0 saturated carbocycles. The number of thiol groups is 1. The molecule has 0 aliphatic rings. The van der Waals surface area contributed by atoms with Gasteiger partial charge >= 0.3 is 0 Å². The zero-order chi connectivity index (χ0) is 18.0. The number of nitrogens with one attached hydrogen (secondary N) is 1. The summed E-state index contributed by atoms with van der Waals surface area (Å²) in [6.07, 6.45) is 2.53. The topological polar surface area (TPSA) is 93.8 Å². The maximum absolute atomic E-state index is 12.8. The van der Waals surface area contributed by atoms with Crippen molar-refractivity contribution in [1.29, 1.82) is 0 Å². The lowest BCUT2D eigenvalue weighted by Gasteiger charge is -2.30. The molecule has 0 amide bonds. The minimum atomic E-state index is -3.00. The van der Waals surface area contributed by atoms with Crippen LogP contribution >= 0.6 is 0 Å². The second-order valence-electron chi connectivity index (χ2n) is 5.83. The van der Waals surface area contributed by atoms with Gasteiger partial charge in [0.1, 0.15) is 19.5 Å². The first kappa shape index (κ1) is 22.8. The fourth-order valence-electron chi connectivity index (χ4n) is 2.26. The number of allylic oxidation sites excluding steroid dienone is 1. The van der Waals surface area contributed by atoms with Crippen LogP contribution in [0.2, 0.25) is 5.82 Å². The van der Waals surface area contributed by atoms with Crippen LogP contribution in [0, 0.1) is 0 Å². The van der Waals surface area contributed by atoms with Crippen LogP contribution in [0.3, 0.4) is 0 Å². The van der Waals surface area contributed by atoms with Gasteiger partial charge in [-0.1, -0.05) is 13.0 Å². The second-order valence-corrected chi connectivity index (χ2v) is 8.90. The Bertz CT molecular complexity index is 409. The molecule has 0 rings (SSSR count). The SMILES string of the molecule is BC(/C=C(\C)[SH](=O)(NC)C(O)CC)[C@H](N)OC(C)CCOCC. The molecule has 3 unspecified atom stereocenters. The Morgan fingerprint density at radius 1 is 1.48 bits per heavy atom. The van der Waals surface area contributed by atoms with Crippen LogP contribution in [0.25, 0.3) is 0 Å². The van der Waals surface area contributed by atoms with Gasteiger partial charge in [0.15, 0.2) is 0 Å². The molecule has 0 spiro atoms. The summed E-state index contributed by atoms with van der Waals surface area (Å²) >= 11 is 0. The van der Waals surface area contributed by atoms with Gasteiger partial charge in [0.25, 0.3) is 0 Å². The lowest BCUT2D eigenvalue weighted by Crippen LogP contribution is -2.40. The third-order valence-corrected chi connectivity index (χ3v) is 6.99. The van der Waals surface area contributed by atoms with Gasteiger partial charge in [-0.15, -0.1) is 0 Å². The molecule has 0 heterocycles. The van der Waals surface area contributed by atoms with Crippen molar-refractivity contribution in [2.24, 2.45) is 5.73 Å². The number of rotatable bonds is 12. The first-order valence-corrected chi connectivity index (χ1v) is 10.1. The summed E-state index contributed by atoms with van der Waals surface area (Å²) in [7, 11) is 0.527. The first-order valence-electron chi connectivity index (χ1n) is 8.37. The largest absolute Gasteiger partial charge is 0.382 e. The molecule has 0 aromatic heterocycles. The Labute approximate surface area is 143 Å². The van der Waals surface area contributed by atoms with Gasteiger partial charge < -0.3 is 20.3 Å². The molecule has 0 radical (unpaired) electrons. The van der Waals surface area contributed by atoms with Crippen molar-refractivity contribution in [2.45, 2.75) is 64.1 Å². The number of ether oxygens (including phenoxy) is 2. The van der Waals surface area contributed by atoms with Crippen molar-refractivity contribution < 1.29 is 18.8 Å². The van der Waals surface area contributed by atoms with Gasteiger partial charge in [-0.25, -0.2) is 0 Å². The van der Waals surface area contributed by atoms with Gasteiger partial charge in [-0.05, 0) is 61.5 Å². The van der Waals surface area contributed by atoms with E-state index in [1.54, 1.807) is 20.9 Å². The zero-order valence-electron chi connectivity index (χ0n) is 15.4. The summed E-state index contributed by atoms with van der Waals surface area (Å²) in [6.45, 7) is 8.82. The maximum atomic E-state index is 12.8.